The summed E-state index contributed by atoms with van der Waals surface area (Å²) in [7, 11) is 1.32. The Morgan fingerprint density at radius 3 is 2.75 bits per heavy atom. The fourth-order valence-corrected chi connectivity index (χ4v) is 0.779. The minimum atomic E-state index is -0.611. The molecule has 0 aromatic carbocycles. The van der Waals surface area contributed by atoms with Crippen LogP contribution in [0.1, 0.15) is 26.2 Å². The second kappa shape index (κ2) is 6.85. The maximum atomic E-state index is 10.6. The maximum Gasteiger partial charge on any atom is 0.308 e. The second-order valence-electron chi connectivity index (χ2n) is 2.55. The fourth-order valence-electron chi connectivity index (χ4n) is 0.779. The van der Waals surface area contributed by atoms with Gasteiger partial charge in [0.1, 0.15) is 0 Å². The van der Waals surface area contributed by atoms with Gasteiger partial charge < -0.3 is 9.84 Å². The lowest BCUT2D eigenvalue weighted by Gasteiger charge is -2.04. The SMILES string of the molecule is CC/C=C\CC(O)CC(=O)OC. The molecule has 0 aliphatic rings. The largest absolute Gasteiger partial charge is 0.469 e. The Morgan fingerprint density at radius 1 is 1.58 bits per heavy atom. The molecule has 3 nitrogen and oxygen atoms in total. The molecular weight excluding hydrogens is 156 g/mol. The Balaban J connectivity index is 3.52. The van der Waals surface area contributed by atoms with E-state index >= 15 is 0 Å². The van der Waals surface area contributed by atoms with E-state index in [0.717, 1.165) is 6.42 Å². The first-order chi connectivity index (χ1) is 5.70. The molecule has 0 aromatic rings. The second-order valence-corrected chi connectivity index (χ2v) is 2.55. The Kier molecular flexibility index (Phi) is 6.38. The average Bonchev–Trinajstić information content (AvgIpc) is 2.05. The smallest absolute Gasteiger partial charge is 0.308 e. The van der Waals surface area contributed by atoms with Crippen molar-refractivity contribution in [3.63, 3.8) is 0 Å². The van der Waals surface area contributed by atoms with Crippen LogP contribution in [-0.4, -0.2) is 24.3 Å². The molecule has 0 heterocycles. The zero-order chi connectivity index (χ0) is 9.40. The van der Waals surface area contributed by atoms with E-state index in [-0.39, 0.29) is 12.4 Å². The molecule has 0 aliphatic heterocycles. The number of carbonyl (C=O) groups excluding carboxylic acids is 1. The number of hydrogen-bond donors (Lipinski definition) is 1. The number of hydrogen-bond acceptors (Lipinski definition) is 3. The zero-order valence-corrected chi connectivity index (χ0v) is 7.62. The third-order valence-electron chi connectivity index (χ3n) is 1.44. The highest BCUT2D eigenvalue weighted by Gasteiger charge is 2.08. The first kappa shape index (κ1) is 11.2. The number of carbonyl (C=O) groups is 1. The van der Waals surface area contributed by atoms with Crippen molar-refractivity contribution >= 4 is 5.97 Å². The average molecular weight is 172 g/mol. The van der Waals surface area contributed by atoms with E-state index in [9.17, 15) is 9.90 Å². The van der Waals surface area contributed by atoms with Crippen LogP contribution in [0.4, 0.5) is 0 Å². The summed E-state index contributed by atoms with van der Waals surface area (Å²) in [5, 5.41) is 9.23. The lowest BCUT2D eigenvalue weighted by molar-refractivity contribution is -0.142. The number of rotatable bonds is 5. The molecule has 1 atom stereocenters. The Hall–Kier alpha value is -0.830. The molecule has 0 aliphatic carbocycles. The fraction of sp³-hybridized carbons (Fsp3) is 0.667. The van der Waals surface area contributed by atoms with Crippen LogP contribution in [-0.2, 0) is 9.53 Å². The van der Waals surface area contributed by atoms with Gasteiger partial charge in [-0.1, -0.05) is 19.1 Å². The van der Waals surface area contributed by atoms with Crippen molar-refractivity contribution in [2.24, 2.45) is 0 Å². The molecule has 0 radical (unpaired) electrons. The quantitative estimate of drug-likeness (QED) is 0.501. The van der Waals surface area contributed by atoms with Gasteiger partial charge in [-0.15, -0.1) is 0 Å². The highest BCUT2D eigenvalue weighted by molar-refractivity contribution is 5.69. The predicted octanol–water partition coefficient (Wildman–Crippen LogP) is 1.27. The highest BCUT2D eigenvalue weighted by atomic mass is 16.5. The van der Waals surface area contributed by atoms with E-state index in [2.05, 4.69) is 4.74 Å². The summed E-state index contributed by atoms with van der Waals surface area (Å²) in [6.45, 7) is 2.02. The van der Waals surface area contributed by atoms with Crippen molar-refractivity contribution in [3.8, 4) is 0 Å². The summed E-state index contributed by atoms with van der Waals surface area (Å²) in [6, 6.07) is 0. The van der Waals surface area contributed by atoms with Gasteiger partial charge in [0.05, 0.1) is 19.6 Å². The molecule has 0 bridgehead atoms. The van der Waals surface area contributed by atoms with Gasteiger partial charge in [0, 0.05) is 0 Å². The van der Waals surface area contributed by atoms with Gasteiger partial charge in [0.25, 0.3) is 0 Å². The van der Waals surface area contributed by atoms with Gasteiger partial charge >= 0.3 is 5.97 Å². The van der Waals surface area contributed by atoms with E-state index in [0.29, 0.717) is 6.42 Å². The molecule has 1 N–H and O–H groups in total. The summed E-state index contributed by atoms with van der Waals surface area (Å²) in [5.41, 5.74) is 0. The molecular formula is C9H16O3. The Labute approximate surface area is 73.0 Å². The van der Waals surface area contributed by atoms with E-state index in [1.807, 2.05) is 19.1 Å². The molecule has 1 unspecified atom stereocenters. The highest BCUT2D eigenvalue weighted by Crippen LogP contribution is 2.00. The van der Waals surface area contributed by atoms with Crippen LogP contribution < -0.4 is 0 Å². The summed E-state index contributed by atoms with van der Waals surface area (Å²) >= 11 is 0. The topological polar surface area (TPSA) is 46.5 Å². The van der Waals surface area contributed by atoms with Crippen LogP contribution in [0.2, 0.25) is 0 Å². The third kappa shape index (κ3) is 5.92. The minimum Gasteiger partial charge on any atom is -0.469 e. The van der Waals surface area contributed by atoms with Crippen LogP contribution in [0.3, 0.4) is 0 Å². The molecule has 0 fully saturated rings. The van der Waals surface area contributed by atoms with E-state index in [1.54, 1.807) is 0 Å². The van der Waals surface area contributed by atoms with Gasteiger partial charge in [-0.25, -0.2) is 0 Å². The van der Waals surface area contributed by atoms with Gasteiger partial charge in [0.15, 0.2) is 0 Å². The van der Waals surface area contributed by atoms with Crippen LogP contribution in [0.15, 0.2) is 12.2 Å². The molecule has 3 heteroatoms. The van der Waals surface area contributed by atoms with Gasteiger partial charge in [-0.05, 0) is 12.8 Å². The molecule has 0 aromatic heterocycles. The lowest BCUT2D eigenvalue weighted by atomic mass is 10.2. The Bertz CT molecular complexity index is 152. The van der Waals surface area contributed by atoms with Crippen LogP contribution in [0.5, 0.6) is 0 Å². The van der Waals surface area contributed by atoms with Crippen molar-refractivity contribution in [2.45, 2.75) is 32.3 Å². The number of methoxy groups -OCH3 is 1. The number of aliphatic hydroxyl groups excluding tert-OH is 1. The summed E-state index contributed by atoms with van der Waals surface area (Å²) in [6.07, 6.45) is 4.76. The Morgan fingerprint density at radius 2 is 2.25 bits per heavy atom. The molecule has 0 saturated heterocycles. The first-order valence-corrected chi connectivity index (χ1v) is 4.10. The molecule has 0 saturated carbocycles. The van der Waals surface area contributed by atoms with Gasteiger partial charge in [0.2, 0.25) is 0 Å². The predicted molar refractivity (Wildman–Crippen MR) is 46.7 cm³/mol. The van der Waals surface area contributed by atoms with Gasteiger partial charge in [-0.3, -0.25) is 4.79 Å². The number of allylic oxidation sites excluding steroid dienone is 1. The van der Waals surface area contributed by atoms with Crippen LogP contribution in [0, 0.1) is 0 Å². The molecule has 0 rings (SSSR count). The van der Waals surface area contributed by atoms with Gasteiger partial charge in [-0.2, -0.15) is 0 Å². The number of esters is 1. The van der Waals surface area contributed by atoms with Crippen LogP contribution >= 0.6 is 0 Å². The standard InChI is InChI=1S/C9H16O3/c1-3-4-5-6-8(10)7-9(11)12-2/h4-5,8,10H,3,6-7H2,1-2H3/b5-4-. The van der Waals surface area contributed by atoms with Crippen molar-refractivity contribution in [1.29, 1.82) is 0 Å². The van der Waals surface area contributed by atoms with E-state index in [1.165, 1.54) is 7.11 Å². The van der Waals surface area contributed by atoms with Crippen molar-refractivity contribution in [3.05, 3.63) is 12.2 Å². The number of ether oxygens (including phenoxy) is 1. The summed E-state index contributed by atoms with van der Waals surface area (Å²) in [5.74, 6) is -0.368. The monoisotopic (exact) mass is 172 g/mol. The van der Waals surface area contributed by atoms with Crippen LogP contribution in [0.25, 0.3) is 0 Å². The zero-order valence-electron chi connectivity index (χ0n) is 7.62. The minimum absolute atomic E-state index is 0.0740. The van der Waals surface area contributed by atoms with Crippen molar-refractivity contribution in [1.82, 2.24) is 0 Å². The number of aliphatic hydroxyl groups is 1. The van der Waals surface area contributed by atoms with E-state index < -0.39 is 6.10 Å². The molecule has 70 valence electrons. The van der Waals surface area contributed by atoms with E-state index in [4.69, 9.17) is 0 Å². The lowest BCUT2D eigenvalue weighted by Crippen LogP contribution is -2.13. The van der Waals surface area contributed by atoms with Crippen molar-refractivity contribution < 1.29 is 14.6 Å². The maximum absolute atomic E-state index is 10.6. The van der Waals surface area contributed by atoms with Crippen molar-refractivity contribution in [2.75, 3.05) is 7.11 Å². The normalized spacial score (nSPS) is 13.2. The first-order valence-electron chi connectivity index (χ1n) is 4.10. The molecule has 0 amide bonds. The summed E-state index contributed by atoms with van der Waals surface area (Å²) < 4.78 is 4.40. The molecule has 12 heavy (non-hydrogen) atoms. The third-order valence-corrected chi connectivity index (χ3v) is 1.44. The molecule has 0 spiro atoms. The summed E-state index contributed by atoms with van der Waals surface area (Å²) in [4.78, 5) is 10.6.